The number of hydrogen-bond donors (Lipinski definition) is 1. The summed E-state index contributed by atoms with van der Waals surface area (Å²) in [6, 6.07) is 21.8. The molecule has 6 nitrogen and oxygen atoms in total. The van der Waals surface area contributed by atoms with Crippen molar-refractivity contribution in [2.24, 2.45) is 0 Å². The fourth-order valence-electron chi connectivity index (χ4n) is 5.00. The quantitative estimate of drug-likeness (QED) is 0.382. The van der Waals surface area contributed by atoms with Crippen molar-refractivity contribution in [3.8, 4) is 0 Å². The van der Waals surface area contributed by atoms with Crippen LogP contribution in [0.25, 0.3) is 11.0 Å². The number of carbonyl (C=O) groups excluding carboxylic acids is 2. The SMILES string of the molecule is O=C(NC1CCCCC1)C(c1ccccc1)N(C(=O)Cn1cnc2ccccc21)c1ccccc1F. The molecule has 1 N–H and O–H groups in total. The molecule has 0 saturated heterocycles. The van der Waals surface area contributed by atoms with Crippen LogP contribution in [-0.2, 0) is 16.1 Å². The van der Waals surface area contributed by atoms with E-state index in [2.05, 4.69) is 10.3 Å². The number of nitrogens with zero attached hydrogens (tertiary/aromatic N) is 3. The third kappa shape index (κ3) is 5.00. The van der Waals surface area contributed by atoms with Crippen LogP contribution >= 0.6 is 0 Å². The van der Waals surface area contributed by atoms with E-state index in [1.807, 2.05) is 42.5 Å². The Morgan fingerprint density at radius 1 is 0.944 bits per heavy atom. The lowest BCUT2D eigenvalue weighted by atomic mass is 9.94. The predicted molar refractivity (Wildman–Crippen MR) is 138 cm³/mol. The first-order valence-electron chi connectivity index (χ1n) is 12.4. The Bertz CT molecular complexity index is 1350. The van der Waals surface area contributed by atoms with E-state index in [1.54, 1.807) is 41.2 Å². The molecule has 5 rings (SSSR count). The van der Waals surface area contributed by atoms with E-state index in [1.165, 1.54) is 11.0 Å². The summed E-state index contributed by atoms with van der Waals surface area (Å²) < 4.78 is 16.9. The van der Waals surface area contributed by atoms with Gasteiger partial charge in [-0.3, -0.25) is 14.5 Å². The normalized spacial score (nSPS) is 14.9. The summed E-state index contributed by atoms with van der Waals surface area (Å²) in [4.78, 5) is 33.4. The van der Waals surface area contributed by atoms with Gasteiger partial charge in [-0.2, -0.15) is 0 Å². The van der Waals surface area contributed by atoms with Crippen molar-refractivity contribution >= 4 is 28.5 Å². The van der Waals surface area contributed by atoms with E-state index in [9.17, 15) is 9.59 Å². The number of rotatable bonds is 7. The smallest absolute Gasteiger partial charge is 0.248 e. The summed E-state index contributed by atoms with van der Waals surface area (Å²) in [6.45, 7) is -0.0884. The lowest BCUT2D eigenvalue weighted by molar-refractivity contribution is -0.127. The van der Waals surface area contributed by atoms with Gasteiger partial charge >= 0.3 is 0 Å². The van der Waals surface area contributed by atoms with Gasteiger partial charge in [0.15, 0.2) is 0 Å². The molecule has 1 fully saturated rings. The van der Waals surface area contributed by atoms with E-state index >= 15 is 4.39 Å². The van der Waals surface area contributed by atoms with E-state index in [-0.39, 0.29) is 24.2 Å². The van der Waals surface area contributed by atoms with E-state index in [0.29, 0.717) is 5.56 Å². The zero-order valence-electron chi connectivity index (χ0n) is 20.0. The Labute approximate surface area is 209 Å². The van der Waals surface area contributed by atoms with E-state index < -0.39 is 17.8 Å². The molecular formula is C29H29FN4O2. The third-order valence-corrected chi connectivity index (χ3v) is 6.79. The molecule has 4 aromatic rings. The lowest BCUT2D eigenvalue weighted by Gasteiger charge is -2.33. The monoisotopic (exact) mass is 484 g/mol. The molecule has 3 aromatic carbocycles. The van der Waals surface area contributed by atoms with Crippen LogP contribution in [-0.4, -0.2) is 27.4 Å². The minimum absolute atomic E-state index is 0.0487. The molecule has 36 heavy (non-hydrogen) atoms. The summed E-state index contributed by atoms with van der Waals surface area (Å²) in [6.07, 6.45) is 6.69. The minimum atomic E-state index is -1.02. The summed E-state index contributed by atoms with van der Waals surface area (Å²) in [5.41, 5.74) is 2.25. The Morgan fingerprint density at radius 2 is 1.64 bits per heavy atom. The van der Waals surface area contributed by atoms with Crippen molar-refractivity contribution in [1.82, 2.24) is 14.9 Å². The molecule has 0 bridgehead atoms. The van der Waals surface area contributed by atoms with Gasteiger partial charge in [0.25, 0.3) is 0 Å². The van der Waals surface area contributed by atoms with Crippen LogP contribution in [0.15, 0.2) is 85.2 Å². The van der Waals surface area contributed by atoms with Crippen LogP contribution in [0.2, 0.25) is 0 Å². The molecule has 1 aliphatic rings. The van der Waals surface area contributed by atoms with Gasteiger partial charge in [-0.15, -0.1) is 0 Å². The summed E-state index contributed by atoms with van der Waals surface area (Å²) in [7, 11) is 0. The van der Waals surface area contributed by atoms with Crippen molar-refractivity contribution in [3.05, 3.63) is 96.6 Å². The molecule has 0 aliphatic heterocycles. The summed E-state index contributed by atoms with van der Waals surface area (Å²) in [5, 5.41) is 3.16. The van der Waals surface area contributed by atoms with Gasteiger partial charge in [0.1, 0.15) is 18.4 Å². The second-order valence-corrected chi connectivity index (χ2v) is 9.23. The maximum absolute atomic E-state index is 15.2. The highest BCUT2D eigenvalue weighted by molar-refractivity contribution is 6.01. The first kappa shape index (κ1) is 23.7. The van der Waals surface area contributed by atoms with Crippen molar-refractivity contribution in [1.29, 1.82) is 0 Å². The molecule has 0 spiro atoms. The Balaban J connectivity index is 1.55. The number of imidazole rings is 1. The average molecular weight is 485 g/mol. The average Bonchev–Trinajstić information content (AvgIpc) is 3.31. The second-order valence-electron chi connectivity index (χ2n) is 9.23. The number of anilines is 1. The van der Waals surface area contributed by atoms with Crippen LogP contribution in [0.1, 0.15) is 43.7 Å². The number of hydrogen-bond acceptors (Lipinski definition) is 3. The summed E-state index contributed by atoms with van der Waals surface area (Å²) in [5.74, 6) is -1.27. The molecule has 1 atom stereocenters. The van der Waals surface area contributed by atoms with Crippen LogP contribution in [0.4, 0.5) is 10.1 Å². The number of nitrogens with one attached hydrogen (secondary N) is 1. The highest BCUT2D eigenvalue weighted by Gasteiger charge is 2.35. The van der Waals surface area contributed by atoms with Crippen molar-refractivity contribution in [3.63, 3.8) is 0 Å². The minimum Gasteiger partial charge on any atom is -0.351 e. The fraction of sp³-hybridized carbons (Fsp3) is 0.276. The highest BCUT2D eigenvalue weighted by Crippen LogP contribution is 2.31. The third-order valence-electron chi connectivity index (χ3n) is 6.79. The van der Waals surface area contributed by atoms with Gasteiger partial charge in [-0.05, 0) is 42.7 Å². The number of fused-ring (bicyclic) bond motifs is 1. The molecule has 1 heterocycles. The van der Waals surface area contributed by atoms with Crippen LogP contribution in [0.3, 0.4) is 0 Å². The van der Waals surface area contributed by atoms with Crippen LogP contribution < -0.4 is 10.2 Å². The Morgan fingerprint density at radius 3 is 2.42 bits per heavy atom. The van der Waals surface area contributed by atoms with Gasteiger partial charge in [-0.1, -0.05) is 73.9 Å². The maximum Gasteiger partial charge on any atom is 0.248 e. The van der Waals surface area contributed by atoms with Crippen LogP contribution in [0, 0.1) is 5.82 Å². The number of amides is 2. The molecule has 184 valence electrons. The maximum atomic E-state index is 15.2. The fourth-order valence-corrected chi connectivity index (χ4v) is 5.00. The zero-order valence-corrected chi connectivity index (χ0v) is 20.0. The van der Waals surface area contributed by atoms with Crippen molar-refractivity contribution in [2.75, 3.05) is 4.90 Å². The highest BCUT2D eigenvalue weighted by atomic mass is 19.1. The van der Waals surface area contributed by atoms with Crippen LogP contribution in [0.5, 0.6) is 0 Å². The van der Waals surface area contributed by atoms with Crippen molar-refractivity contribution in [2.45, 2.75) is 50.7 Å². The molecule has 1 aromatic heterocycles. The lowest BCUT2D eigenvalue weighted by Crippen LogP contribution is -2.48. The Kier molecular flexibility index (Phi) is 7.07. The molecule has 0 radical (unpaired) electrons. The first-order valence-corrected chi connectivity index (χ1v) is 12.4. The standard InChI is InChI=1S/C29H29FN4O2/c30-23-15-7-9-17-25(23)34(27(35)19-33-20-31-24-16-8-10-18-26(24)33)28(21-11-3-1-4-12-21)29(36)32-22-13-5-2-6-14-22/h1,3-4,7-12,15-18,20,22,28H,2,5-6,13-14,19H2,(H,32,36). The van der Waals surface area contributed by atoms with Gasteiger partial charge < -0.3 is 9.88 Å². The molecular weight excluding hydrogens is 455 g/mol. The van der Waals surface area contributed by atoms with E-state index in [0.717, 1.165) is 43.1 Å². The molecule has 1 aliphatic carbocycles. The summed E-state index contributed by atoms with van der Waals surface area (Å²) >= 11 is 0. The number of para-hydroxylation sites is 3. The molecule has 2 amide bonds. The molecule has 1 unspecified atom stereocenters. The van der Waals surface area contributed by atoms with E-state index in [4.69, 9.17) is 0 Å². The van der Waals surface area contributed by atoms with Crippen molar-refractivity contribution < 1.29 is 14.0 Å². The zero-order chi connectivity index (χ0) is 24.9. The van der Waals surface area contributed by atoms with Gasteiger partial charge in [-0.25, -0.2) is 9.37 Å². The molecule has 7 heteroatoms. The topological polar surface area (TPSA) is 67.2 Å². The second kappa shape index (κ2) is 10.7. The van der Waals surface area contributed by atoms with Gasteiger partial charge in [0.2, 0.25) is 11.8 Å². The van der Waals surface area contributed by atoms with Gasteiger partial charge in [0, 0.05) is 6.04 Å². The largest absolute Gasteiger partial charge is 0.351 e. The number of halogens is 1. The first-order chi connectivity index (χ1) is 17.6. The predicted octanol–water partition coefficient (Wildman–Crippen LogP) is 5.40. The Hall–Kier alpha value is -4.00. The number of aromatic nitrogens is 2. The number of carbonyl (C=O) groups is 2. The molecule has 1 saturated carbocycles. The van der Waals surface area contributed by atoms with Gasteiger partial charge in [0.05, 0.1) is 23.0 Å². The number of benzene rings is 3.